The number of benzene rings is 2. The van der Waals surface area contributed by atoms with E-state index < -0.39 is 12.0 Å². The number of hydrogen-bond donors (Lipinski definition) is 1. The summed E-state index contributed by atoms with van der Waals surface area (Å²) < 4.78 is 5.01. The maximum absolute atomic E-state index is 13.4. The highest BCUT2D eigenvalue weighted by atomic mass is 16.5. The lowest BCUT2D eigenvalue weighted by atomic mass is 9.95. The summed E-state index contributed by atoms with van der Waals surface area (Å²) in [5.74, 6) is -0.561. The van der Waals surface area contributed by atoms with E-state index in [1.54, 1.807) is 43.1 Å². The zero-order valence-corrected chi connectivity index (χ0v) is 17.1. The topological polar surface area (TPSA) is 79.0 Å². The molecule has 0 saturated heterocycles. The van der Waals surface area contributed by atoms with E-state index in [9.17, 15) is 14.4 Å². The van der Waals surface area contributed by atoms with Crippen LogP contribution in [0.5, 0.6) is 0 Å². The number of amides is 3. The minimum atomic E-state index is -0.499. The number of carbonyl (C=O) groups is 3. The largest absolute Gasteiger partial charge is 0.462 e. The Kier molecular flexibility index (Phi) is 5.03. The van der Waals surface area contributed by atoms with E-state index in [1.165, 1.54) is 4.90 Å². The van der Waals surface area contributed by atoms with E-state index in [0.717, 1.165) is 11.1 Å². The van der Waals surface area contributed by atoms with Gasteiger partial charge in [0.15, 0.2) is 0 Å². The van der Waals surface area contributed by atoms with Crippen LogP contribution < -0.4 is 10.2 Å². The Morgan fingerprint density at radius 2 is 1.77 bits per heavy atom. The van der Waals surface area contributed by atoms with Crippen LogP contribution in [0.1, 0.15) is 34.5 Å². The number of aryl methyl sites for hydroxylation is 1. The van der Waals surface area contributed by atoms with Crippen molar-refractivity contribution in [1.82, 2.24) is 10.2 Å². The lowest BCUT2D eigenvalue weighted by molar-refractivity contribution is -0.114. The van der Waals surface area contributed by atoms with Gasteiger partial charge >= 0.3 is 12.0 Å². The summed E-state index contributed by atoms with van der Waals surface area (Å²) in [7, 11) is 1.66. The van der Waals surface area contributed by atoms with Crippen LogP contribution in [0.3, 0.4) is 0 Å². The predicted molar refractivity (Wildman–Crippen MR) is 112 cm³/mol. The molecule has 1 N–H and O–H groups in total. The molecule has 2 aliphatic heterocycles. The van der Waals surface area contributed by atoms with Crippen LogP contribution in [0, 0.1) is 6.92 Å². The molecule has 0 aromatic heterocycles. The van der Waals surface area contributed by atoms with Crippen molar-refractivity contribution < 1.29 is 19.1 Å². The molecule has 0 aliphatic carbocycles. The molecule has 0 saturated carbocycles. The van der Waals surface area contributed by atoms with E-state index in [4.69, 9.17) is 4.74 Å². The zero-order chi connectivity index (χ0) is 21.4. The molecule has 0 bridgehead atoms. The first-order chi connectivity index (χ1) is 14.4. The third-order valence-corrected chi connectivity index (χ3v) is 5.46. The van der Waals surface area contributed by atoms with Crippen LogP contribution in [0.2, 0.25) is 0 Å². The molecule has 30 heavy (non-hydrogen) atoms. The molecule has 0 radical (unpaired) electrons. The zero-order valence-electron chi connectivity index (χ0n) is 17.1. The molecule has 2 aromatic rings. The van der Waals surface area contributed by atoms with E-state index in [1.807, 2.05) is 31.2 Å². The highest BCUT2D eigenvalue weighted by molar-refractivity contribution is 6.11. The van der Waals surface area contributed by atoms with Crippen molar-refractivity contribution in [3.63, 3.8) is 0 Å². The van der Waals surface area contributed by atoms with Crippen molar-refractivity contribution in [1.29, 1.82) is 0 Å². The summed E-state index contributed by atoms with van der Waals surface area (Å²) in [6.07, 6.45) is 0. The number of carbonyl (C=O) groups excluding carboxylic acids is 3. The van der Waals surface area contributed by atoms with Gasteiger partial charge in [0.2, 0.25) is 0 Å². The average Bonchev–Trinajstić information content (AvgIpc) is 3.09. The second-order valence-electron chi connectivity index (χ2n) is 7.37. The Morgan fingerprint density at radius 1 is 1.10 bits per heavy atom. The Hall–Kier alpha value is -3.61. The maximum Gasteiger partial charge on any atom is 0.338 e. The highest BCUT2D eigenvalue weighted by Gasteiger charge is 2.43. The van der Waals surface area contributed by atoms with Gasteiger partial charge in [0.25, 0.3) is 5.91 Å². The van der Waals surface area contributed by atoms with Crippen molar-refractivity contribution in [2.45, 2.75) is 19.9 Å². The van der Waals surface area contributed by atoms with E-state index in [2.05, 4.69) is 5.32 Å². The minimum Gasteiger partial charge on any atom is -0.462 e. The summed E-state index contributed by atoms with van der Waals surface area (Å²) in [5.41, 5.74) is 4.30. The number of nitrogens with zero attached hydrogens (tertiary/aromatic N) is 2. The van der Waals surface area contributed by atoms with Crippen LogP contribution >= 0.6 is 0 Å². The fourth-order valence-corrected chi connectivity index (χ4v) is 3.78. The molecule has 2 aromatic carbocycles. The fraction of sp³-hybridized carbons (Fsp3) is 0.261. The second-order valence-corrected chi connectivity index (χ2v) is 7.37. The number of rotatable bonds is 4. The lowest BCUT2D eigenvalue weighted by Crippen LogP contribution is -2.45. The van der Waals surface area contributed by atoms with Crippen LogP contribution in [-0.2, 0) is 9.53 Å². The normalized spacial score (nSPS) is 18.4. The number of urea groups is 1. The van der Waals surface area contributed by atoms with Gasteiger partial charge in [0, 0.05) is 12.7 Å². The van der Waals surface area contributed by atoms with Crippen LogP contribution in [0.25, 0.3) is 0 Å². The molecule has 7 heteroatoms. The average molecular weight is 405 g/mol. The molecular formula is C23H23N3O4. The number of esters is 1. The number of hydrogen-bond acceptors (Lipinski definition) is 4. The summed E-state index contributed by atoms with van der Waals surface area (Å²) in [6, 6.07) is 13.8. The highest BCUT2D eigenvalue weighted by Crippen LogP contribution is 2.37. The molecule has 2 aliphatic rings. The van der Waals surface area contributed by atoms with Gasteiger partial charge in [-0.25, -0.2) is 9.59 Å². The van der Waals surface area contributed by atoms with Crippen LogP contribution in [0.15, 0.2) is 59.8 Å². The van der Waals surface area contributed by atoms with Gasteiger partial charge in [-0.15, -0.1) is 0 Å². The summed E-state index contributed by atoms with van der Waals surface area (Å²) >= 11 is 0. The van der Waals surface area contributed by atoms with E-state index >= 15 is 0 Å². The first kappa shape index (κ1) is 19.7. The minimum absolute atomic E-state index is 0.161. The predicted octanol–water partition coefficient (Wildman–Crippen LogP) is 3.17. The Labute approximate surface area is 174 Å². The smallest absolute Gasteiger partial charge is 0.338 e. The number of nitrogens with one attached hydrogen (secondary N) is 1. The van der Waals surface area contributed by atoms with Gasteiger partial charge < -0.3 is 15.0 Å². The number of ether oxygens (including phenoxy) is 1. The van der Waals surface area contributed by atoms with Crippen molar-refractivity contribution in [2.24, 2.45) is 0 Å². The molecule has 4 rings (SSSR count). The fourth-order valence-electron chi connectivity index (χ4n) is 3.78. The standard InChI is InChI=1S/C23H23N3O4/c1-4-30-22(28)16-9-11-17(12-10-16)26-13-18-19(21(26)27)20(24-23(29)25(18)3)15-7-5-14(2)6-8-15/h5-12,20H,4,13H2,1-3H3,(H,24,29). The molecule has 3 amide bonds. The Bertz CT molecular complexity index is 1040. The molecule has 0 spiro atoms. The maximum atomic E-state index is 13.4. The van der Waals surface area contributed by atoms with Crippen LogP contribution in [0.4, 0.5) is 10.5 Å². The Balaban J connectivity index is 1.65. The molecule has 1 atom stereocenters. The van der Waals surface area contributed by atoms with Gasteiger partial charge in [-0.05, 0) is 43.7 Å². The van der Waals surface area contributed by atoms with Gasteiger partial charge in [-0.2, -0.15) is 0 Å². The molecule has 0 fully saturated rings. The third-order valence-electron chi connectivity index (χ3n) is 5.46. The first-order valence-corrected chi connectivity index (χ1v) is 9.83. The van der Waals surface area contributed by atoms with Crippen molar-refractivity contribution in [3.05, 3.63) is 76.5 Å². The third kappa shape index (κ3) is 3.32. The van der Waals surface area contributed by atoms with Crippen LogP contribution in [-0.4, -0.2) is 43.0 Å². The van der Waals surface area contributed by atoms with Gasteiger partial charge in [0.1, 0.15) is 0 Å². The summed E-state index contributed by atoms with van der Waals surface area (Å²) in [5, 5.41) is 2.93. The van der Waals surface area contributed by atoms with E-state index in [0.29, 0.717) is 35.7 Å². The second kappa shape index (κ2) is 7.67. The number of likely N-dealkylation sites (N-methyl/N-ethyl adjacent to an activating group) is 1. The molecule has 1 unspecified atom stereocenters. The van der Waals surface area contributed by atoms with Gasteiger partial charge in [-0.1, -0.05) is 29.8 Å². The van der Waals surface area contributed by atoms with E-state index in [-0.39, 0.29) is 11.9 Å². The number of anilines is 1. The van der Waals surface area contributed by atoms with Gasteiger partial charge in [-0.3, -0.25) is 9.69 Å². The molecular weight excluding hydrogens is 382 g/mol. The van der Waals surface area contributed by atoms with Crippen molar-refractivity contribution in [2.75, 3.05) is 25.1 Å². The first-order valence-electron chi connectivity index (χ1n) is 9.83. The lowest BCUT2D eigenvalue weighted by Gasteiger charge is -2.31. The monoisotopic (exact) mass is 405 g/mol. The quantitative estimate of drug-likeness (QED) is 0.793. The molecule has 7 nitrogen and oxygen atoms in total. The summed E-state index contributed by atoms with van der Waals surface area (Å²) in [6.45, 7) is 4.33. The molecule has 2 heterocycles. The van der Waals surface area contributed by atoms with Crippen molar-refractivity contribution in [3.8, 4) is 0 Å². The SMILES string of the molecule is CCOC(=O)c1ccc(N2CC3=C(C2=O)C(c2ccc(C)cc2)NC(=O)N3C)cc1. The van der Waals surface area contributed by atoms with Crippen molar-refractivity contribution >= 4 is 23.6 Å². The van der Waals surface area contributed by atoms with Gasteiger partial charge in [0.05, 0.1) is 36.0 Å². The summed E-state index contributed by atoms with van der Waals surface area (Å²) in [4.78, 5) is 40.9. The molecule has 154 valence electrons. The Morgan fingerprint density at radius 3 is 2.40 bits per heavy atom.